The van der Waals surface area contributed by atoms with E-state index in [-0.39, 0.29) is 0 Å². The Morgan fingerprint density at radius 1 is 1.10 bits per heavy atom. The summed E-state index contributed by atoms with van der Waals surface area (Å²) in [5.41, 5.74) is 1.21. The Hall–Kier alpha value is -2.44. The minimum Gasteiger partial charge on any atom is -0.454 e. The highest BCUT2D eigenvalue weighted by Crippen LogP contribution is 2.32. The van der Waals surface area contributed by atoms with Gasteiger partial charge < -0.3 is 19.3 Å². The molecular weight excluding hydrogens is 270 g/mol. The van der Waals surface area contributed by atoms with Crippen LogP contribution in [0.1, 0.15) is 5.56 Å². The molecule has 1 aromatic heterocycles. The van der Waals surface area contributed by atoms with E-state index in [1.165, 1.54) is 5.56 Å². The lowest BCUT2D eigenvalue weighted by Crippen LogP contribution is -2.21. The van der Waals surface area contributed by atoms with Gasteiger partial charge in [-0.2, -0.15) is 0 Å². The van der Waals surface area contributed by atoms with Crippen molar-refractivity contribution in [1.82, 2.24) is 15.2 Å². The normalized spacial score (nSPS) is 12.5. The molecule has 0 unspecified atom stereocenters. The first kappa shape index (κ1) is 13.5. The molecule has 2 aromatic rings. The summed E-state index contributed by atoms with van der Waals surface area (Å²) in [4.78, 5) is 7.11. The number of aromatic nitrogens is 3. The highest BCUT2D eigenvalue weighted by atomic mass is 16.7. The average molecular weight is 289 g/mol. The maximum Gasteiger partial charge on any atom is 0.231 e. The molecule has 2 heterocycles. The van der Waals surface area contributed by atoms with E-state index >= 15 is 0 Å². The predicted molar refractivity (Wildman–Crippen MR) is 80.2 cm³/mol. The summed E-state index contributed by atoms with van der Waals surface area (Å²) in [6, 6.07) is 6.05. The molecule has 0 atom stereocenters. The van der Waals surface area contributed by atoms with Gasteiger partial charge in [-0.05, 0) is 24.1 Å². The summed E-state index contributed by atoms with van der Waals surface area (Å²) >= 11 is 0. The van der Waals surface area contributed by atoms with E-state index in [1.807, 2.05) is 43.1 Å². The van der Waals surface area contributed by atoms with Crippen LogP contribution in [0, 0.1) is 0 Å². The van der Waals surface area contributed by atoms with Crippen molar-refractivity contribution in [2.75, 3.05) is 44.3 Å². The summed E-state index contributed by atoms with van der Waals surface area (Å²) in [7, 11) is 5.85. The summed E-state index contributed by atoms with van der Waals surface area (Å²) in [5.74, 6) is 3.15. The molecule has 0 bridgehead atoms. The highest BCUT2D eigenvalue weighted by molar-refractivity contribution is 5.45. The quantitative estimate of drug-likeness (QED) is 0.894. The molecule has 1 aliphatic heterocycles. The fourth-order valence-corrected chi connectivity index (χ4v) is 2.12. The van der Waals surface area contributed by atoms with Crippen molar-refractivity contribution >= 4 is 11.9 Å². The predicted octanol–water partition coefficient (Wildman–Crippen LogP) is 1.28. The fourth-order valence-electron chi connectivity index (χ4n) is 2.12. The minimum absolute atomic E-state index is 0.310. The molecule has 3 rings (SSSR count). The number of hydrogen-bond donors (Lipinski definition) is 1. The number of ether oxygens (including phenoxy) is 2. The first-order chi connectivity index (χ1) is 10.1. The SMILES string of the molecule is CN(C)c1nnc(N(C)CCc2ccc3c(c2)OCO3)[nH]1. The van der Waals surface area contributed by atoms with Crippen molar-refractivity contribution in [3.8, 4) is 11.5 Å². The van der Waals surface area contributed by atoms with Crippen LogP contribution in [0.5, 0.6) is 11.5 Å². The smallest absolute Gasteiger partial charge is 0.231 e. The van der Waals surface area contributed by atoms with Gasteiger partial charge >= 0.3 is 0 Å². The molecule has 112 valence electrons. The topological polar surface area (TPSA) is 66.5 Å². The van der Waals surface area contributed by atoms with Crippen molar-refractivity contribution in [1.29, 1.82) is 0 Å². The van der Waals surface area contributed by atoms with Crippen LogP contribution in [0.3, 0.4) is 0 Å². The molecule has 1 aliphatic rings. The summed E-state index contributed by atoms with van der Waals surface area (Å²) in [6.45, 7) is 1.14. The number of hydrogen-bond acceptors (Lipinski definition) is 6. The maximum atomic E-state index is 5.39. The molecule has 7 heteroatoms. The Kier molecular flexibility index (Phi) is 3.55. The van der Waals surface area contributed by atoms with Gasteiger partial charge in [-0.1, -0.05) is 6.07 Å². The average Bonchev–Trinajstić information content (AvgIpc) is 3.12. The molecule has 0 fully saturated rings. The third kappa shape index (κ3) is 2.86. The summed E-state index contributed by atoms with van der Waals surface area (Å²) in [5, 5.41) is 8.22. The van der Waals surface area contributed by atoms with Gasteiger partial charge in [0.05, 0.1) is 0 Å². The third-order valence-corrected chi connectivity index (χ3v) is 3.42. The van der Waals surface area contributed by atoms with Crippen molar-refractivity contribution in [3.63, 3.8) is 0 Å². The second-order valence-electron chi connectivity index (χ2n) is 5.23. The van der Waals surface area contributed by atoms with Gasteiger partial charge in [0, 0.05) is 27.7 Å². The summed E-state index contributed by atoms with van der Waals surface area (Å²) < 4.78 is 10.7. The molecular formula is C14H19N5O2. The van der Waals surface area contributed by atoms with Crippen LogP contribution in [0.4, 0.5) is 11.9 Å². The van der Waals surface area contributed by atoms with Crippen LogP contribution in [-0.2, 0) is 6.42 Å². The second-order valence-corrected chi connectivity index (χ2v) is 5.23. The number of aromatic amines is 1. The second kappa shape index (κ2) is 5.51. The van der Waals surface area contributed by atoms with Gasteiger partial charge in [-0.3, -0.25) is 4.98 Å². The Labute approximate surface area is 123 Å². The van der Waals surface area contributed by atoms with Crippen LogP contribution in [-0.4, -0.2) is 49.7 Å². The van der Waals surface area contributed by atoms with E-state index in [0.29, 0.717) is 6.79 Å². The largest absolute Gasteiger partial charge is 0.454 e. The standard InChI is InChI=1S/C14H19N5O2/c1-18(2)13-15-14(17-16-13)19(3)7-6-10-4-5-11-12(8-10)21-9-20-11/h4-5,8H,6-7,9H2,1-3H3,(H,15,16,17). The minimum atomic E-state index is 0.310. The fraction of sp³-hybridized carbons (Fsp3) is 0.429. The van der Waals surface area contributed by atoms with E-state index in [0.717, 1.165) is 36.4 Å². The van der Waals surface area contributed by atoms with Crippen LogP contribution >= 0.6 is 0 Å². The van der Waals surface area contributed by atoms with Crippen LogP contribution in [0.25, 0.3) is 0 Å². The van der Waals surface area contributed by atoms with Gasteiger partial charge in [0.1, 0.15) is 0 Å². The molecule has 0 spiro atoms. The number of nitrogens with one attached hydrogen (secondary N) is 1. The van der Waals surface area contributed by atoms with Gasteiger partial charge in [0.2, 0.25) is 18.7 Å². The molecule has 0 radical (unpaired) electrons. The molecule has 7 nitrogen and oxygen atoms in total. The van der Waals surface area contributed by atoms with E-state index < -0.39 is 0 Å². The Morgan fingerprint density at radius 3 is 2.62 bits per heavy atom. The molecule has 1 aromatic carbocycles. The Balaban J connectivity index is 1.61. The number of nitrogens with zero attached hydrogens (tertiary/aromatic N) is 4. The number of H-pyrrole nitrogens is 1. The maximum absolute atomic E-state index is 5.39. The van der Waals surface area contributed by atoms with Crippen molar-refractivity contribution < 1.29 is 9.47 Å². The van der Waals surface area contributed by atoms with Crippen molar-refractivity contribution in [3.05, 3.63) is 23.8 Å². The van der Waals surface area contributed by atoms with Gasteiger partial charge in [0.25, 0.3) is 0 Å². The number of anilines is 2. The molecule has 0 saturated carbocycles. The first-order valence-corrected chi connectivity index (χ1v) is 6.83. The van der Waals surface area contributed by atoms with E-state index in [1.54, 1.807) is 0 Å². The number of rotatable bonds is 5. The van der Waals surface area contributed by atoms with E-state index in [9.17, 15) is 0 Å². The number of fused-ring (bicyclic) bond motifs is 1. The van der Waals surface area contributed by atoms with Crippen molar-refractivity contribution in [2.24, 2.45) is 0 Å². The lowest BCUT2D eigenvalue weighted by Gasteiger charge is -2.15. The Morgan fingerprint density at radius 2 is 1.86 bits per heavy atom. The van der Waals surface area contributed by atoms with Crippen LogP contribution in [0.15, 0.2) is 18.2 Å². The highest BCUT2D eigenvalue weighted by Gasteiger charge is 2.14. The molecule has 0 aliphatic carbocycles. The molecule has 0 saturated heterocycles. The van der Waals surface area contributed by atoms with Gasteiger partial charge in [0.15, 0.2) is 11.5 Å². The van der Waals surface area contributed by atoms with Crippen molar-refractivity contribution in [2.45, 2.75) is 6.42 Å². The number of likely N-dealkylation sites (N-methyl/N-ethyl adjacent to an activating group) is 1. The first-order valence-electron chi connectivity index (χ1n) is 6.83. The summed E-state index contributed by atoms with van der Waals surface area (Å²) in [6.07, 6.45) is 0.894. The van der Waals surface area contributed by atoms with Crippen LogP contribution in [0.2, 0.25) is 0 Å². The zero-order valence-corrected chi connectivity index (χ0v) is 12.5. The van der Waals surface area contributed by atoms with E-state index in [4.69, 9.17) is 9.47 Å². The van der Waals surface area contributed by atoms with E-state index in [2.05, 4.69) is 21.2 Å². The van der Waals surface area contributed by atoms with Gasteiger partial charge in [-0.25, -0.2) is 0 Å². The molecule has 0 amide bonds. The monoisotopic (exact) mass is 289 g/mol. The molecule has 1 N–H and O–H groups in total. The third-order valence-electron chi connectivity index (χ3n) is 3.42. The zero-order valence-electron chi connectivity index (χ0n) is 12.5. The lowest BCUT2D eigenvalue weighted by atomic mass is 10.1. The Bertz CT molecular complexity index is 626. The lowest BCUT2D eigenvalue weighted by molar-refractivity contribution is 0.174. The zero-order chi connectivity index (χ0) is 14.8. The number of benzene rings is 1. The van der Waals surface area contributed by atoms with Gasteiger partial charge in [-0.15, -0.1) is 10.2 Å². The molecule has 21 heavy (non-hydrogen) atoms. The van der Waals surface area contributed by atoms with Crippen LogP contribution < -0.4 is 19.3 Å².